The number of carbonyl (C=O) groups is 3. The van der Waals surface area contributed by atoms with Gasteiger partial charge in [0.05, 0.1) is 21.9 Å². The molecule has 2 aliphatic heterocycles. The molecule has 1 unspecified atom stereocenters. The summed E-state index contributed by atoms with van der Waals surface area (Å²) in [5.74, 6) is -2.68. The molecule has 146 valence electrons. The zero-order valence-electron chi connectivity index (χ0n) is 15.0. The first-order valence-corrected chi connectivity index (χ1v) is 9.75. The summed E-state index contributed by atoms with van der Waals surface area (Å²) in [6, 6.07) is 10.9. The number of anilines is 2. The molecule has 0 saturated carbocycles. The van der Waals surface area contributed by atoms with Crippen molar-refractivity contribution in [1.82, 2.24) is 0 Å². The average molecular weight is 428 g/mol. The van der Waals surface area contributed by atoms with Crippen LogP contribution < -0.4 is 9.80 Å². The number of hydrogen-bond donors (Lipinski definition) is 1. The number of amides is 2. The fraction of sp³-hybridized carbons (Fsp3) is 0.100. The molecule has 9 heteroatoms. The molecule has 1 atom stereocenters. The van der Waals surface area contributed by atoms with E-state index in [2.05, 4.69) is 0 Å². The molecule has 6 nitrogen and oxygen atoms in total. The minimum atomic E-state index is -1.16. The summed E-state index contributed by atoms with van der Waals surface area (Å²) in [6.45, 7) is 1.41. The van der Waals surface area contributed by atoms with Gasteiger partial charge >= 0.3 is 5.97 Å². The number of aliphatic carboxylic acids is 1. The van der Waals surface area contributed by atoms with Crippen LogP contribution in [-0.2, 0) is 14.4 Å². The lowest BCUT2D eigenvalue weighted by atomic mass is 10.1. The molecule has 4 rings (SSSR count). The molecule has 0 spiro atoms. The Morgan fingerprint density at radius 3 is 2.41 bits per heavy atom. The molecular formula is C20H13FN2O4S2. The van der Waals surface area contributed by atoms with Gasteiger partial charge in [-0.25, -0.2) is 9.18 Å². The molecule has 1 N–H and O–H groups in total. The number of halogens is 1. The Hall–Kier alpha value is -3.04. The third-order valence-corrected chi connectivity index (χ3v) is 6.06. The van der Waals surface area contributed by atoms with Gasteiger partial charge in [-0.2, -0.15) is 0 Å². The van der Waals surface area contributed by atoms with Crippen LogP contribution in [0.15, 0.2) is 53.4 Å². The average Bonchev–Trinajstić information content (AvgIpc) is 3.14. The molecular weight excluding hydrogens is 415 g/mol. The van der Waals surface area contributed by atoms with Gasteiger partial charge in [-0.05, 0) is 37.3 Å². The molecule has 0 radical (unpaired) electrons. The molecule has 0 aromatic heterocycles. The fourth-order valence-corrected chi connectivity index (χ4v) is 4.66. The molecule has 0 aliphatic carbocycles. The first kappa shape index (κ1) is 19.3. The van der Waals surface area contributed by atoms with E-state index in [-0.39, 0.29) is 14.8 Å². The largest absolute Gasteiger partial charge is 0.480 e. The van der Waals surface area contributed by atoms with Crippen LogP contribution in [0.3, 0.4) is 0 Å². The van der Waals surface area contributed by atoms with E-state index in [4.69, 9.17) is 12.2 Å². The number of para-hydroxylation sites is 1. The van der Waals surface area contributed by atoms with E-state index in [1.807, 2.05) is 0 Å². The number of thioether (sulfide) groups is 1. The highest BCUT2D eigenvalue weighted by Crippen LogP contribution is 2.46. The van der Waals surface area contributed by atoms with Crippen LogP contribution in [0, 0.1) is 5.82 Å². The number of carbonyl (C=O) groups excluding carboxylic acids is 2. The lowest BCUT2D eigenvalue weighted by Crippen LogP contribution is -2.41. The third-order valence-electron chi connectivity index (χ3n) is 4.69. The van der Waals surface area contributed by atoms with Crippen LogP contribution in [-0.4, -0.2) is 33.3 Å². The van der Waals surface area contributed by atoms with Crippen LogP contribution in [0.4, 0.5) is 15.8 Å². The number of carboxylic acids is 1. The number of nitrogens with zero attached hydrogens (tertiary/aromatic N) is 2. The maximum Gasteiger partial charge on any atom is 0.326 e. The van der Waals surface area contributed by atoms with E-state index in [9.17, 15) is 23.9 Å². The van der Waals surface area contributed by atoms with Gasteiger partial charge in [-0.3, -0.25) is 19.4 Å². The van der Waals surface area contributed by atoms with Crippen LogP contribution in [0.1, 0.15) is 12.5 Å². The summed E-state index contributed by atoms with van der Waals surface area (Å²) in [4.78, 5) is 40.3. The SMILES string of the molecule is CC(C(=O)O)N1C(=O)C(=C2SC(=S)N(c3ccc(F)cc3)C2=O)c2ccccc21. The first-order valence-electron chi connectivity index (χ1n) is 8.53. The van der Waals surface area contributed by atoms with E-state index < -0.39 is 29.6 Å². The predicted molar refractivity (Wildman–Crippen MR) is 112 cm³/mol. The Kier molecular flexibility index (Phi) is 4.71. The lowest BCUT2D eigenvalue weighted by Gasteiger charge is -2.21. The summed E-state index contributed by atoms with van der Waals surface area (Å²) < 4.78 is 13.4. The highest BCUT2D eigenvalue weighted by atomic mass is 32.2. The zero-order chi connectivity index (χ0) is 20.9. The topological polar surface area (TPSA) is 77.9 Å². The van der Waals surface area contributed by atoms with Crippen molar-refractivity contribution in [1.29, 1.82) is 0 Å². The second-order valence-corrected chi connectivity index (χ2v) is 8.04. The van der Waals surface area contributed by atoms with E-state index in [0.29, 0.717) is 16.9 Å². The van der Waals surface area contributed by atoms with Gasteiger partial charge in [-0.1, -0.05) is 42.2 Å². The lowest BCUT2D eigenvalue weighted by molar-refractivity contribution is -0.139. The number of rotatable bonds is 3. The van der Waals surface area contributed by atoms with Crippen molar-refractivity contribution < 1.29 is 23.9 Å². The Bertz CT molecular complexity index is 1110. The number of thiocarbonyl (C=S) groups is 1. The Morgan fingerprint density at radius 1 is 1.10 bits per heavy atom. The first-order chi connectivity index (χ1) is 13.8. The van der Waals surface area contributed by atoms with Crippen molar-refractivity contribution in [3.05, 3.63) is 64.8 Å². The minimum Gasteiger partial charge on any atom is -0.480 e. The van der Waals surface area contributed by atoms with Gasteiger partial charge in [-0.15, -0.1) is 0 Å². The summed E-state index contributed by atoms with van der Waals surface area (Å²) in [6.07, 6.45) is 0. The summed E-state index contributed by atoms with van der Waals surface area (Å²) in [5.41, 5.74) is 1.41. The number of hydrogen-bond acceptors (Lipinski definition) is 5. The fourth-order valence-electron chi connectivity index (χ4n) is 3.29. The van der Waals surface area contributed by atoms with Crippen molar-refractivity contribution in [2.75, 3.05) is 9.80 Å². The van der Waals surface area contributed by atoms with Crippen LogP contribution in [0.5, 0.6) is 0 Å². The van der Waals surface area contributed by atoms with Crippen LogP contribution in [0.2, 0.25) is 0 Å². The van der Waals surface area contributed by atoms with Crippen LogP contribution in [0.25, 0.3) is 5.57 Å². The maximum atomic E-state index is 13.2. The highest BCUT2D eigenvalue weighted by molar-refractivity contribution is 8.27. The summed E-state index contributed by atoms with van der Waals surface area (Å²) in [5, 5.41) is 9.40. The van der Waals surface area contributed by atoms with Crippen molar-refractivity contribution >= 4 is 63.0 Å². The molecule has 0 bridgehead atoms. The van der Waals surface area contributed by atoms with Crippen molar-refractivity contribution in [2.45, 2.75) is 13.0 Å². The molecule has 2 aliphatic rings. The monoisotopic (exact) mass is 428 g/mol. The predicted octanol–water partition coefficient (Wildman–Crippen LogP) is 3.42. The van der Waals surface area contributed by atoms with Gasteiger partial charge in [0, 0.05) is 5.56 Å². The summed E-state index contributed by atoms with van der Waals surface area (Å²) in [7, 11) is 0. The standard InChI is InChI=1S/C20H13FN2O4S2/c1-10(19(26)27)22-14-5-3-2-4-13(14)15(17(22)24)16-18(25)23(20(28)29-16)12-8-6-11(21)7-9-12/h2-10H,1H3,(H,26,27). The zero-order valence-corrected chi connectivity index (χ0v) is 16.6. The second-order valence-electron chi connectivity index (χ2n) is 6.40. The van der Waals surface area contributed by atoms with Crippen molar-refractivity contribution in [3.63, 3.8) is 0 Å². The van der Waals surface area contributed by atoms with E-state index in [1.54, 1.807) is 24.3 Å². The molecule has 2 aromatic rings. The van der Waals surface area contributed by atoms with Gasteiger partial charge in [0.2, 0.25) is 0 Å². The maximum absolute atomic E-state index is 13.2. The Labute approximate surface area is 174 Å². The minimum absolute atomic E-state index is 0.121. The quantitative estimate of drug-likeness (QED) is 0.596. The summed E-state index contributed by atoms with van der Waals surface area (Å²) >= 11 is 6.29. The van der Waals surface area contributed by atoms with Crippen molar-refractivity contribution in [2.24, 2.45) is 0 Å². The van der Waals surface area contributed by atoms with Gasteiger partial charge < -0.3 is 5.11 Å². The smallest absolute Gasteiger partial charge is 0.326 e. The second kappa shape index (κ2) is 7.09. The third kappa shape index (κ3) is 3.02. The number of carboxylic acid groups (broad SMARTS) is 1. The van der Waals surface area contributed by atoms with Gasteiger partial charge in [0.1, 0.15) is 11.9 Å². The molecule has 1 fully saturated rings. The van der Waals surface area contributed by atoms with Gasteiger partial charge in [0.25, 0.3) is 11.8 Å². The molecule has 2 aromatic carbocycles. The van der Waals surface area contributed by atoms with E-state index in [1.165, 1.54) is 36.1 Å². The number of fused-ring (bicyclic) bond motifs is 1. The number of benzene rings is 2. The Morgan fingerprint density at radius 2 is 1.76 bits per heavy atom. The normalized spacial score (nSPS) is 19.7. The van der Waals surface area contributed by atoms with Gasteiger partial charge in [0.15, 0.2) is 4.32 Å². The van der Waals surface area contributed by atoms with E-state index in [0.717, 1.165) is 16.7 Å². The van der Waals surface area contributed by atoms with E-state index >= 15 is 0 Å². The molecule has 29 heavy (non-hydrogen) atoms. The molecule has 2 amide bonds. The molecule has 2 heterocycles. The highest BCUT2D eigenvalue weighted by Gasteiger charge is 2.44. The molecule has 1 saturated heterocycles. The van der Waals surface area contributed by atoms with Crippen molar-refractivity contribution in [3.8, 4) is 0 Å². The van der Waals surface area contributed by atoms with Crippen LogP contribution >= 0.6 is 24.0 Å². The Balaban J connectivity index is 1.84.